The van der Waals surface area contributed by atoms with Crippen molar-refractivity contribution in [2.24, 2.45) is 0 Å². The molecular formula is C15H19NOS. The molecule has 1 heterocycles. The molecule has 0 aliphatic rings. The molecule has 0 saturated carbocycles. The summed E-state index contributed by atoms with van der Waals surface area (Å²) in [4.78, 5) is 1.37. The molecule has 0 aliphatic carbocycles. The summed E-state index contributed by atoms with van der Waals surface area (Å²) in [5.41, 5.74) is 1.28. The molecule has 0 radical (unpaired) electrons. The Bertz CT molecular complexity index is 464. The van der Waals surface area contributed by atoms with Crippen LogP contribution in [0.3, 0.4) is 0 Å². The number of thiophene rings is 1. The summed E-state index contributed by atoms with van der Waals surface area (Å²) in [6, 6.07) is 13.2. The number of hydrogen-bond donors (Lipinski definition) is 1. The zero-order valence-electron chi connectivity index (χ0n) is 11.0. The van der Waals surface area contributed by atoms with Gasteiger partial charge in [0, 0.05) is 17.0 Å². The first-order chi connectivity index (χ1) is 8.70. The third kappa shape index (κ3) is 3.12. The molecule has 2 unspecified atom stereocenters. The first-order valence-corrected chi connectivity index (χ1v) is 7.02. The monoisotopic (exact) mass is 261 g/mol. The van der Waals surface area contributed by atoms with Crippen LogP contribution in [0.1, 0.15) is 36.4 Å². The van der Waals surface area contributed by atoms with E-state index in [9.17, 15) is 0 Å². The van der Waals surface area contributed by atoms with Crippen LogP contribution in [0.2, 0.25) is 0 Å². The van der Waals surface area contributed by atoms with Crippen LogP contribution in [0.5, 0.6) is 5.75 Å². The van der Waals surface area contributed by atoms with Crippen LogP contribution < -0.4 is 10.1 Å². The van der Waals surface area contributed by atoms with Crippen LogP contribution in [0.4, 0.5) is 0 Å². The van der Waals surface area contributed by atoms with Gasteiger partial charge in [-0.25, -0.2) is 0 Å². The van der Waals surface area contributed by atoms with Gasteiger partial charge in [0.25, 0.3) is 0 Å². The lowest BCUT2D eigenvalue weighted by molar-refractivity contribution is 0.414. The van der Waals surface area contributed by atoms with Crippen LogP contribution in [-0.4, -0.2) is 7.11 Å². The van der Waals surface area contributed by atoms with E-state index >= 15 is 0 Å². The quantitative estimate of drug-likeness (QED) is 0.872. The van der Waals surface area contributed by atoms with Crippen molar-refractivity contribution < 1.29 is 4.74 Å². The summed E-state index contributed by atoms with van der Waals surface area (Å²) >= 11 is 1.79. The Morgan fingerprint density at radius 3 is 2.33 bits per heavy atom. The fourth-order valence-corrected chi connectivity index (χ4v) is 2.73. The van der Waals surface area contributed by atoms with Gasteiger partial charge in [0.15, 0.2) is 0 Å². The van der Waals surface area contributed by atoms with Gasteiger partial charge in [-0.1, -0.05) is 18.2 Å². The summed E-state index contributed by atoms with van der Waals surface area (Å²) in [6.07, 6.45) is 0. The minimum absolute atomic E-state index is 0.327. The molecule has 1 aromatic carbocycles. The summed E-state index contributed by atoms with van der Waals surface area (Å²) in [5, 5.41) is 5.72. The van der Waals surface area contributed by atoms with E-state index in [4.69, 9.17) is 4.74 Å². The fraction of sp³-hybridized carbons (Fsp3) is 0.333. The SMILES string of the molecule is COc1ccc(C(C)NC(C)c2cccs2)cc1. The Hall–Kier alpha value is -1.32. The van der Waals surface area contributed by atoms with E-state index in [2.05, 4.69) is 48.8 Å². The molecular weight excluding hydrogens is 242 g/mol. The van der Waals surface area contributed by atoms with E-state index in [1.165, 1.54) is 10.4 Å². The highest BCUT2D eigenvalue weighted by Crippen LogP contribution is 2.23. The van der Waals surface area contributed by atoms with Crippen molar-refractivity contribution in [2.45, 2.75) is 25.9 Å². The van der Waals surface area contributed by atoms with Crippen molar-refractivity contribution in [2.75, 3.05) is 7.11 Å². The van der Waals surface area contributed by atoms with Gasteiger partial charge in [-0.2, -0.15) is 0 Å². The average molecular weight is 261 g/mol. The van der Waals surface area contributed by atoms with Crippen LogP contribution in [0.25, 0.3) is 0 Å². The second kappa shape index (κ2) is 6.03. The van der Waals surface area contributed by atoms with Crippen molar-refractivity contribution in [1.82, 2.24) is 5.32 Å². The van der Waals surface area contributed by atoms with Gasteiger partial charge >= 0.3 is 0 Å². The number of hydrogen-bond acceptors (Lipinski definition) is 3. The Labute approximate surface area is 113 Å². The highest BCUT2D eigenvalue weighted by molar-refractivity contribution is 7.10. The molecule has 1 N–H and O–H groups in total. The highest BCUT2D eigenvalue weighted by atomic mass is 32.1. The molecule has 0 fully saturated rings. The lowest BCUT2D eigenvalue weighted by Crippen LogP contribution is -2.21. The Morgan fingerprint density at radius 2 is 1.78 bits per heavy atom. The fourth-order valence-electron chi connectivity index (χ4n) is 1.98. The molecule has 2 nitrogen and oxygen atoms in total. The molecule has 2 rings (SSSR count). The van der Waals surface area contributed by atoms with E-state index in [0.717, 1.165) is 5.75 Å². The van der Waals surface area contributed by atoms with Gasteiger partial charge in [0.05, 0.1) is 7.11 Å². The maximum absolute atomic E-state index is 5.17. The molecule has 0 amide bonds. The van der Waals surface area contributed by atoms with E-state index in [-0.39, 0.29) is 0 Å². The van der Waals surface area contributed by atoms with E-state index in [1.807, 2.05) is 12.1 Å². The van der Waals surface area contributed by atoms with Gasteiger partial charge in [-0.05, 0) is 43.0 Å². The number of nitrogens with one attached hydrogen (secondary N) is 1. The minimum Gasteiger partial charge on any atom is -0.497 e. The molecule has 1 aromatic heterocycles. The smallest absolute Gasteiger partial charge is 0.118 e. The zero-order valence-corrected chi connectivity index (χ0v) is 11.8. The molecule has 0 saturated heterocycles. The number of rotatable bonds is 5. The molecule has 0 aliphatic heterocycles. The Kier molecular flexibility index (Phi) is 4.39. The zero-order chi connectivity index (χ0) is 13.0. The molecule has 96 valence electrons. The van der Waals surface area contributed by atoms with E-state index in [1.54, 1.807) is 18.4 Å². The van der Waals surface area contributed by atoms with E-state index in [0.29, 0.717) is 12.1 Å². The summed E-state index contributed by atoms with van der Waals surface area (Å²) < 4.78 is 5.17. The van der Waals surface area contributed by atoms with Crippen molar-refractivity contribution in [3.8, 4) is 5.75 Å². The summed E-state index contributed by atoms with van der Waals surface area (Å²) in [6.45, 7) is 4.39. The van der Waals surface area contributed by atoms with Crippen molar-refractivity contribution in [3.05, 3.63) is 52.2 Å². The van der Waals surface area contributed by atoms with Gasteiger partial charge in [-0.3, -0.25) is 0 Å². The van der Waals surface area contributed by atoms with Crippen LogP contribution in [-0.2, 0) is 0 Å². The maximum atomic E-state index is 5.17. The summed E-state index contributed by atoms with van der Waals surface area (Å²) in [7, 11) is 1.69. The predicted molar refractivity (Wildman–Crippen MR) is 77.3 cm³/mol. The first kappa shape index (κ1) is 13.1. The van der Waals surface area contributed by atoms with Crippen LogP contribution in [0, 0.1) is 0 Å². The molecule has 0 spiro atoms. The van der Waals surface area contributed by atoms with Gasteiger partial charge < -0.3 is 10.1 Å². The van der Waals surface area contributed by atoms with Gasteiger partial charge in [0.1, 0.15) is 5.75 Å². The number of ether oxygens (including phenoxy) is 1. The van der Waals surface area contributed by atoms with Gasteiger partial charge in [0.2, 0.25) is 0 Å². The maximum Gasteiger partial charge on any atom is 0.118 e. The lowest BCUT2D eigenvalue weighted by atomic mass is 10.1. The van der Waals surface area contributed by atoms with Crippen molar-refractivity contribution >= 4 is 11.3 Å². The third-order valence-electron chi connectivity index (χ3n) is 3.09. The van der Waals surface area contributed by atoms with Gasteiger partial charge in [-0.15, -0.1) is 11.3 Å². The average Bonchev–Trinajstić information content (AvgIpc) is 2.92. The van der Waals surface area contributed by atoms with Crippen LogP contribution in [0.15, 0.2) is 41.8 Å². The first-order valence-electron chi connectivity index (χ1n) is 6.14. The van der Waals surface area contributed by atoms with Crippen LogP contribution >= 0.6 is 11.3 Å². The Morgan fingerprint density at radius 1 is 1.06 bits per heavy atom. The summed E-state index contributed by atoms with van der Waals surface area (Å²) in [5.74, 6) is 0.900. The molecule has 0 bridgehead atoms. The largest absolute Gasteiger partial charge is 0.497 e. The van der Waals surface area contributed by atoms with Crippen molar-refractivity contribution in [1.29, 1.82) is 0 Å². The third-order valence-corrected chi connectivity index (χ3v) is 4.14. The lowest BCUT2D eigenvalue weighted by Gasteiger charge is -2.19. The number of benzene rings is 1. The topological polar surface area (TPSA) is 21.3 Å². The van der Waals surface area contributed by atoms with E-state index < -0.39 is 0 Å². The molecule has 18 heavy (non-hydrogen) atoms. The standard InChI is InChI=1S/C15H19NOS/c1-11(13-6-8-14(17-3)9-7-13)16-12(2)15-5-4-10-18-15/h4-12,16H,1-3H3. The second-order valence-electron chi connectivity index (χ2n) is 4.40. The molecule has 2 aromatic rings. The predicted octanol–water partition coefficient (Wildman–Crippen LogP) is 4.17. The number of methoxy groups -OCH3 is 1. The highest BCUT2D eigenvalue weighted by Gasteiger charge is 2.11. The minimum atomic E-state index is 0.327. The molecule has 2 atom stereocenters. The molecule has 3 heteroatoms. The normalized spacial score (nSPS) is 14.2. The second-order valence-corrected chi connectivity index (χ2v) is 5.38. The van der Waals surface area contributed by atoms with Crippen molar-refractivity contribution in [3.63, 3.8) is 0 Å². The Balaban J connectivity index is 2.00.